The van der Waals surface area contributed by atoms with Gasteiger partial charge in [-0.15, -0.1) is 0 Å². The second kappa shape index (κ2) is 12.8. The Kier molecular flexibility index (Phi) is 7.31. The molecule has 260 valence electrons. The van der Waals surface area contributed by atoms with Crippen molar-refractivity contribution in [2.45, 2.75) is 12.5 Å². The number of hydrogen-bond donors (Lipinski definition) is 0. The lowest BCUT2D eigenvalue weighted by Gasteiger charge is -2.25. The first-order valence-electron chi connectivity index (χ1n) is 19.0. The predicted octanol–water partition coefficient (Wildman–Crippen LogP) is 14.6. The molecule has 1 unspecified atom stereocenters. The van der Waals surface area contributed by atoms with E-state index in [1.165, 1.54) is 49.3 Å². The summed E-state index contributed by atoms with van der Waals surface area (Å²) in [5.41, 5.74) is 12.5. The lowest BCUT2D eigenvalue weighted by molar-refractivity contribution is 0.649. The second-order valence-corrected chi connectivity index (χ2v) is 14.4. The minimum atomic E-state index is 0.111. The molecule has 0 saturated carbocycles. The summed E-state index contributed by atoms with van der Waals surface area (Å²) >= 11 is 0. The molecule has 2 aromatic heterocycles. The monoisotopic (exact) mass is 704 g/mol. The van der Waals surface area contributed by atoms with Gasteiger partial charge in [-0.2, -0.15) is 0 Å². The number of rotatable bonds is 6. The quantitative estimate of drug-likeness (QED) is 0.172. The van der Waals surface area contributed by atoms with Crippen LogP contribution in [0.5, 0.6) is 0 Å². The van der Waals surface area contributed by atoms with Gasteiger partial charge < -0.3 is 13.9 Å². The van der Waals surface area contributed by atoms with Crippen LogP contribution < -0.4 is 4.90 Å². The maximum absolute atomic E-state index is 6.89. The van der Waals surface area contributed by atoms with Crippen LogP contribution in [-0.4, -0.2) is 4.57 Å². The highest BCUT2D eigenvalue weighted by molar-refractivity contribution is 6.31. The first-order chi connectivity index (χ1) is 27.3. The van der Waals surface area contributed by atoms with E-state index in [-0.39, 0.29) is 6.04 Å². The number of fused-ring (bicyclic) bond motifs is 9. The molecule has 1 aliphatic rings. The van der Waals surface area contributed by atoms with Crippen molar-refractivity contribution in [1.82, 2.24) is 4.57 Å². The van der Waals surface area contributed by atoms with Crippen LogP contribution in [0.4, 0.5) is 17.1 Å². The molecule has 1 aliphatic carbocycles. The highest BCUT2D eigenvalue weighted by atomic mass is 16.3. The molecule has 0 aliphatic heterocycles. The Hall–Kier alpha value is -7.10. The van der Waals surface area contributed by atoms with Crippen LogP contribution in [0.1, 0.15) is 18.0 Å². The van der Waals surface area contributed by atoms with Crippen molar-refractivity contribution >= 4 is 77.2 Å². The fourth-order valence-electron chi connectivity index (χ4n) is 8.78. The Morgan fingerprint density at radius 3 is 1.87 bits per heavy atom. The lowest BCUT2D eigenvalue weighted by Crippen LogP contribution is -2.09. The number of nitrogens with zero attached hydrogens (tertiary/aromatic N) is 2. The molecule has 3 heteroatoms. The number of aromatic nitrogens is 1. The summed E-state index contributed by atoms with van der Waals surface area (Å²) in [5, 5.41) is 7.13. The largest absolute Gasteiger partial charge is 0.455 e. The van der Waals surface area contributed by atoms with Crippen molar-refractivity contribution in [3.05, 3.63) is 206 Å². The van der Waals surface area contributed by atoms with Gasteiger partial charge in [0, 0.05) is 38.8 Å². The molecular weight excluding hydrogens is 669 g/mol. The molecule has 2 heterocycles. The summed E-state index contributed by atoms with van der Waals surface area (Å²) in [6.07, 6.45) is 7.97. The van der Waals surface area contributed by atoms with E-state index >= 15 is 0 Å². The average molecular weight is 705 g/mol. The molecule has 0 spiro atoms. The molecule has 0 N–H and O–H groups in total. The van der Waals surface area contributed by atoms with Gasteiger partial charge in [0.15, 0.2) is 0 Å². The van der Waals surface area contributed by atoms with Crippen molar-refractivity contribution in [2.75, 3.05) is 4.90 Å². The van der Waals surface area contributed by atoms with Crippen molar-refractivity contribution in [1.29, 1.82) is 0 Å². The summed E-state index contributed by atoms with van der Waals surface area (Å²) in [5.74, 6) is 0. The van der Waals surface area contributed by atoms with Crippen LogP contribution in [0.15, 0.2) is 205 Å². The summed E-state index contributed by atoms with van der Waals surface area (Å²) in [6, 6.07) is 65.3. The molecule has 8 aromatic carbocycles. The SMILES string of the molecule is C1=CC(n2c3ccc4ccccc4c3c3c4oc5ccccc5c4cc(-c4ccc(N(c5ccccc5)c5ccccc5)cc4)c32)CC=C1c1ccccc1. The third-order valence-electron chi connectivity index (χ3n) is 11.3. The Bertz CT molecular complexity index is 3060. The van der Waals surface area contributed by atoms with E-state index in [1.807, 2.05) is 0 Å². The number of furan rings is 1. The van der Waals surface area contributed by atoms with E-state index in [0.29, 0.717) is 0 Å². The summed E-state index contributed by atoms with van der Waals surface area (Å²) in [6.45, 7) is 0. The van der Waals surface area contributed by atoms with Crippen molar-refractivity contribution in [3.63, 3.8) is 0 Å². The van der Waals surface area contributed by atoms with Crippen molar-refractivity contribution in [2.24, 2.45) is 0 Å². The molecule has 0 fully saturated rings. The smallest absolute Gasteiger partial charge is 0.145 e. The molecule has 0 radical (unpaired) electrons. The third kappa shape index (κ3) is 5.12. The Morgan fingerprint density at radius 1 is 0.527 bits per heavy atom. The third-order valence-corrected chi connectivity index (χ3v) is 11.3. The number of para-hydroxylation sites is 3. The van der Waals surface area contributed by atoms with Gasteiger partial charge >= 0.3 is 0 Å². The van der Waals surface area contributed by atoms with Crippen LogP contribution in [-0.2, 0) is 0 Å². The van der Waals surface area contributed by atoms with Gasteiger partial charge in [-0.05, 0) is 88.5 Å². The average Bonchev–Trinajstić information content (AvgIpc) is 3.81. The summed E-state index contributed by atoms with van der Waals surface area (Å²) in [4.78, 5) is 2.32. The normalized spacial score (nSPS) is 14.3. The minimum Gasteiger partial charge on any atom is -0.455 e. The number of allylic oxidation sites excluding steroid dienone is 4. The molecule has 1 atom stereocenters. The summed E-state index contributed by atoms with van der Waals surface area (Å²) < 4.78 is 9.47. The maximum atomic E-state index is 6.89. The van der Waals surface area contributed by atoms with E-state index < -0.39 is 0 Å². The zero-order valence-corrected chi connectivity index (χ0v) is 30.1. The highest BCUT2D eigenvalue weighted by Crippen LogP contribution is 2.48. The predicted molar refractivity (Wildman–Crippen MR) is 232 cm³/mol. The summed E-state index contributed by atoms with van der Waals surface area (Å²) in [7, 11) is 0. The van der Waals surface area contributed by atoms with E-state index in [2.05, 4.69) is 210 Å². The van der Waals surface area contributed by atoms with Crippen LogP contribution >= 0.6 is 0 Å². The van der Waals surface area contributed by atoms with E-state index in [1.54, 1.807) is 0 Å². The standard InChI is InChI=1S/C52H36N2O/c1-4-14-35(15-5-1)36-24-29-42(30-25-36)54-47-33-28-37-16-10-11-21-43(37)49(47)50-51(54)45(34-46-44-22-12-13-23-48(44)55-52(46)50)38-26-31-41(32-27-38)53(39-17-6-2-7-18-39)40-19-8-3-9-20-40/h1-29,31-34,42H,30H2. The number of anilines is 3. The zero-order chi connectivity index (χ0) is 36.3. The molecule has 0 bridgehead atoms. The Balaban J connectivity index is 1.18. The maximum Gasteiger partial charge on any atom is 0.145 e. The van der Waals surface area contributed by atoms with Gasteiger partial charge in [0.2, 0.25) is 0 Å². The molecule has 10 aromatic rings. The minimum absolute atomic E-state index is 0.111. The van der Waals surface area contributed by atoms with E-state index in [9.17, 15) is 0 Å². The van der Waals surface area contributed by atoms with Gasteiger partial charge in [-0.1, -0.05) is 146 Å². The molecule has 11 rings (SSSR count). The molecule has 3 nitrogen and oxygen atoms in total. The van der Waals surface area contributed by atoms with Crippen molar-refractivity contribution < 1.29 is 4.42 Å². The zero-order valence-electron chi connectivity index (χ0n) is 30.1. The first-order valence-corrected chi connectivity index (χ1v) is 19.0. The lowest BCUT2D eigenvalue weighted by atomic mass is 9.95. The molecule has 0 amide bonds. The Labute approximate surface area is 319 Å². The highest BCUT2D eigenvalue weighted by Gasteiger charge is 2.26. The second-order valence-electron chi connectivity index (χ2n) is 14.4. The molecule has 55 heavy (non-hydrogen) atoms. The van der Waals surface area contributed by atoms with Gasteiger partial charge in [0.05, 0.1) is 22.5 Å². The fourth-order valence-corrected chi connectivity index (χ4v) is 8.78. The van der Waals surface area contributed by atoms with Gasteiger partial charge in [0.1, 0.15) is 11.2 Å². The number of hydrogen-bond acceptors (Lipinski definition) is 2. The van der Waals surface area contributed by atoms with Crippen molar-refractivity contribution in [3.8, 4) is 11.1 Å². The van der Waals surface area contributed by atoms with Gasteiger partial charge in [-0.25, -0.2) is 0 Å². The Morgan fingerprint density at radius 2 is 1.16 bits per heavy atom. The topological polar surface area (TPSA) is 21.3 Å². The van der Waals surface area contributed by atoms with Crippen LogP contribution in [0.3, 0.4) is 0 Å². The molecule has 0 saturated heterocycles. The van der Waals surface area contributed by atoms with E-state index in [4.69, 9.17) is 4.42 Å². The van der Waals surface area contributed by atoms with Crippen LogP contribution in [0, 0.1) is 0 Å². The van der Waals surface area contributed by atoms with E-state index in [0.717, 1.165) is 51.0 Å². The van der Waals surface area contributed by atoms with Gasteiger partial charge in [0.25, 0.3) is 0 Å². The first kappa shape index (κ1) is 31.4. The van der Waals surface area contributed by atoms with Gasteiger partial charge in [-0.3, -0.25) is 0 Å². The fraction of sp³-hybridized carbons (Fsp3) is 0.0385. The van der Waals surface area contributed by atoms with Crippen LogP contribution in [0.2, 0.25) is 0 Å². The number of benzene rings is 8. The molecular formula is C52H36N2O. The van der Waals surface area contributed by atoms with Crippen LogP contribution in [0.25, 0.3) is 71.2 Å².